The fraction of sp³-hybridized carbons (Fsp3) is 0.714. The fourth-order valence-electron chi connectivity index (χ4n) is 1.02. The van der Waals surface area contributed by atoms with Gasteiger partial charge in [0.15, 0.2) is 0 Å². The van der Waals surface area contributed by atoms with Crippen molar-refractivity contribution < 1.29 is 5.11 Å². The van der Waals surface area contributed by atoms with E-state index in [9.17, 15) is 5.11 Å². The van der Waals surface area contributed by atoms with Gasteiger partial charge in [-0.25, -0.2) is 0 Å². The first-order valence-corrected chi connectivity index (χ1v) is 5.85. The Bertz CT molecular complexity index is 257. The average molecular weight is 206 g/mol. The molecule has 0 aliphatic carbocycles. The van der Waals surface area contributed by atoms with Crippen molar-refractivity contribution in [2.75, 3.05) is 0 Å². The van der Waals surface area contributed by atoms with Crippen LogP contribution >= 0.6 is 0 Å². The standard InChI is InChI=1S/C14H22O/c1-4-5-6-7-8-9-10-11-12-14(15)13(2)3/h13-15H,4-8H2,1-3H3/t14-/m1/s1. The number of aliphatic hydroxyl groups excluding tert-OH is 1. The lowest BCUT2D eigenvalue weighted by atomic mass is 10.1. The van der Waals surface area contributed by atoms with Crippen molar-refractivity contribution in [1.82, 2.24) is 0 Å². The first-order valence-electron chi connectivity index (χ1n) is 5.85. The Labute approximate surface area is 94.3 Å². The van der Waals surface area contributed by atoms with E-state index in [2.05, 4.69) is 30.6 Å². The van der Waals surface area contributed by atoms with Crippen LogP contribution in [0.4, 0.5) is 0 Å². The second kappa shape index (κ2) is 9.63. The third kappa shape index (κ3) is 9.39. The maximum Gasteiger partial charge on any atom is 0.118 e. The van der Waals surface area contributed by atoms with Gasteiger partial charge in [0.2, 0.25) is 0 Å². The number of aliphatic hydroxyl groups is 1. The van der Waals surface area contributed by atoms with Gasteiger partial charge in [0.05, 0.1) is 0 Å². The molecular formula is C14H22O. The molecule has 0 unspecified atom stereocenters. The highest BCUT2D eigenvalue weighted by atomic mass is 16.3. The van der Waals surface area contributed by atoms with Crippen LogP contribution in [0.15, 0.2) is 0 Å². The lowest BCUT2D eigenvalue weighted by Gasteiger charge is -2.04. The monoisotopic (exact) mass is 206 g/mol. The minimum Gasteiger partial charge on any atom is -0.380 e. The van der Waals surface area contributed by atoms with Crippen molar-refractivity contribution in [3.05, 3.63) is 0 Å². The fourth-order valence-corrected chi connectivity index (χ4v) is 1.02. The molecule has 84 valence electrons. The van der Waals surface area contributed by atoms with E-state index >= 15 is 0 Å². The molecule has 0 rings (SSSR count). The smallest absolute Gasteiger partial charge is 0.118 e. The molecule has 15 heavy (non-hydrogen) atoms. The van der Waals surface area contributed by atoms with Crippen molar-refractivity contribution >= 4 is 0 Å². The van der Waals surface area contributed by atoms with Gasteiger partial charge in [0.25, 0.3) is 0 Å². The molecule has 1 nitrogen and oxygen atoms in total. The Kier molecular flexibility index (Phi) is 9.04. The Balaban J connectivity index is 3.61. The normalized spacial score (nSPS) is 11.3. The third-order valence-electron chi connectivity index (χ3n) is 2.16. The number of unbranched alkanes of at least 4 members (excludes halogenated alkanes) is 4. The molecule has 1 heteroatoms. The van der Waals surface area contributed by atoms with E-state index in [1.54, 1.807) is 0 Å². The maximum atomic E-state index is 9.36. The van der Waals surface area contributed by atoms with E-state index in [0.717, 1.165) is 12.8 Å². The quantitative estimate of drug-likeness (QED) is 0.541. The third-order valence-corrected chi connectivity index (χ3v) is 2.16. The van der Waals surface area contributed by atoms with Crippen LogP contribution in [0.1, 0.15) is 52.9 Å². The van der Waals surface area contributed by atoms with E-state index in [0.29, 0.717) is 0 Å². The van der Waals surface area contributed by atoms with Crippen LogP contribution in [-0.4, -0.2) is 11.2 Å². The Morgan fingerprint density at radius 1 is 1.07 bits per heavy atom. The molecule has 0 saturated carbocycles. The highest BCUT2D eigenvalue weighted by molar-refractivity contribution is 5.27. The predicted octanol–water partition coefficient (Wildman–Crippen LogP) is 2.98. The molecule has 0 aliphatic rings. The zero-order valence-corrected chi connectivity index (χ0v) is 10.1. The highest BCUT2D eigenvalue weighted by Gasteiger charge is 2.02. The Morgan fingerprint density at radius 2 is 1.80 bits per heavy atom. The van der Waals surface area contributed by atoms with E-state index in [-0.39, 0.29) is 5.92 Å². The summed E-state index contributed by atoms with van der Waals surface area (Å²) in [6.45, 7) is 6.08. The summed E-state index contributed by atoms with van der Waals surface area (Å²) < 4.78 is 0. The first-order chi connectivity index (χ1) is 7.18. The molecule has 0 fully saturated rings. The summed E-state index contributed by atoms with van der Waals surface area (Å²) in [5.41, 5.74) is 0. The van der Waals surface area contributed by atoms with Crippen LogP contribution in [0.2, 0.25) is 0 Å². The summed E-state index contributed by atoms with van der Waals surface area (Å²) in [4.78, 5) is 0. The van der Waals surface area contributed by atoms with Crippen LogP contribution in [0, 0.1) is 29.6 Å². The van der Waals surface area contributed by atoms with Crippen molar-refractivity contribution in [2.24, 2.45) is 5.92 Å². The van der Waals surface area contributed by atoms with Crippen LogP contribution in [0.3, 0.4) is 0 Å². The van der Waals surface area contributed by atoms with E-state index in [1.165, 1.54) is 19.3 Å². The minimum atomic E-state index is -0.542. The molecule has 0 aromatic carbocycles. The van der Waals surface area contributed by atoms with Crippen molar-refractivity contribution in [1.29, 1.82) is 0 Å². The SMILES string of the molecule is CCCCCCC#CC#C[C@@H](O)C(C)C. The molecule has 0 spiro atoms. The lowest BCUT2D eigenvalue weighted by molar-refractivity contribution is 0.181. The molecule has 0 aromatic heterocycles. The molecule has 0 amide bonds. The van der Waals surface area contributed by atoms with Crippen LogP contribution in [0.5, 0.6) is 0 Å². The van der Waals surface area contributed by atoms with Crippen molar-refractivity contribution in [3.8, 4) is 23.7 Å². The van der Waals surface area contributed by atoms with Gasteiger partial charge in [-0.2, -0.15) is 0 Å². The van der Waals surface area contributed by atoms with E-state index in [4.69, 9.17) is 0 Å². The second-order valence-electron chi connectivity index (χ2n) is 4.07. The van der Waals surface area contributed by atoms with Gasteiger partial charge in [-0.05, 0) is 24.2 Å². The van der Waals surface area contributed by atoms with Gasteiger partial charge in [0, 0.05) is 6.42 Å². The summed E-state index contributed by atoms with van der Waals surface area (Å²) in [7, 11) is 0. The van der Waals surface area contributed by atoms with Crippen molar-refractivity contribution in [3.63, 3.8) is 0 Å². The largest absolute Gasteiger partial charge is 0.380 e. The summed E-state index contributed by atoms with van der Waals surface area (Å²) in [5.74, 6) is 11.4. The second-order valence-corrected chi connectivity index (χ2v) is 4.07. The van der Waals surface area contributed by atoms with Gasteiger partial charge < -0.3 is 5.11 Å². The van der Waals surface area contributed by atoms with Crippen LogP contribution in [0.25, 0.3) is 0 Å². The zero-order chi connectivity index (χ0) is 11.5. The van der Waals surface area contributed by atoms with Gasteiger partial charge in [0.1, 0.15) is 6.10 Å². The predicted molar refractivity (Wildman–Crippen MR) is 65.2 cm³/mol. The molecule has 0 saturated heterocycles. The van der Waals surface area contributed by atoms with Crippen LogP contribution < -0.4 is 0 Å². The van der Waals surface area contributed by atoms with Gasteiger partial charge in [-0.15, -0.1) is 0 Å². The molecule has 0 bridgehead atoms. The van der Waals surface area contributed by atoms with Crippen LogP contribution in [-0.2, 0) is 0 Å². The number of rotatable bonds is 5. The maximum absolute atomic E-state index is 9.36. The average Bonchev–Trinajstić information content (AvgIpc) is 2.21. The summed E-state index contributed by atoms with van der Waals surface area (Å²) in [5, 5.41) is 9.36. The minimum absolute atomic E-state index is 0.184. The van der Waals surface area contributed by atoms with Gasteiger partial charge in [-0.1, -0.05) is 51.9 Å². The molecule has 1 N–H and O–H groups in total. The highest BCUT2D eigenvalue weighted by Crippen LogP contribution is 2.00. The molecule has 1 atom stereocenters. The van der Waals surface area contributed by atoms with E-state index < -0.39 is 6.10 Å². The molecule has 0 radical (unpaired) electrons. The van der Waals surface area contributed by atoms with E-state index in [1.807, 2.05) is 13.8 Å². The summed E-state index contributed by atoms with van der Waals surface area (Å²) in [6.07, 6.45) is 5.35. The van der Waals surface area contributed by atoms with Gasteiger partial charge in [-0.3, -0.25) is 0 Å². The van der Waals surface area contributed by atoms with Crippen molar-refractivity contribution in [2.45, 2.75) is 59.0 Å². The molecule has 0 aliphatic heterocycles. The summed E-state index contributed by atoms with van der Waals surface area (Å²) in [6, 6.07) is 0. The zero-order valence-electron chi connectivity index (χ0n) is 10.1. The topological polar surface area (TPSA) is 20.2 Å². The molecule has 0 heterocycles. The molecular weight excluding hydrogens is 184 g/mol. The number of hydrogen-bond acceptors (Lipinski definition) is 1. The first kappa shape index (κ1) is 14.1. The Hall–Kier alpha value is -0.920. The Morgan fingerprint density at radius 3 is 2.40 bits per heavy atom. The number of hydrogen-bond donors (Lipinski definition) is 1. The molecule has 0 aromatic rings. The van der Waals surface area contributed by atoms with Gasteiger partial charge >= 0.3 is 0 Å². The summed E-state index contributed by atoms with van der Waals surface area (Å²) >= 11 is 0. The lowest BCUT2D eigenvalue weighted by Crippen LogP contribution is -2.10.